The van der Waals surface area contributed by atoms with E-state index < -0.39 is 0 Å². The predicted molar refractivity (Wildman–Crippen MR) is 101 cm³/mol. The number of aromatic nitrogens is 2. The van der Waals surface area contributed by atoms with Crippen LogP contribution in [0.5, 0.6) is 0 Å². The molecule has 1 saturated heterocycles. The summed E-state index contributed by atoms with van der Waals surface area (Å²) in [5.74, 6) is -0.0811. The van der Waals surface area contributed by atoms with Gasteiger partial charge in [0.25, 0.3) is 5.56 Å². The molecule has 1 atom stereocenters. The van der Waals surface area contributed by atoms with E-state index in [1.807, 2.05) is 30.3 Å². The van der Waals surface area contributed by atoms with Crippen molar-refractivity contribution in [2.45, 2.75) is 44.8 Å². The monoisotopic (exact) mass is 367 g/mol. The van der Waals surface area contributed by atoms with E-state index >= 15 is 0 Å². The van der Waals surface area contributed by atoms with Crippen LogP contribution in [-0.4, -0.2) is 40.3 Å². The lowest BCUT2D eigenvalue weighted by atomic mass is 10.1. The Bertz CT molecular complexity index is 863. The second-order valence-corrected chi connectivity index (χ2v) is 7.28. The molecule has 2 heterocycles. The SMILES string of the molecule is O=C(Cn1nc2c(cc1=O)CCCCC2)N1CCO[C@H](c2ccccc2)C1. The van der Waals surface area contributed by atoms with Gasteiger partial charge in [-0.05, 0) is 36.8 Å². The second-order valence-electron chi connectivity index (χ2n) is 7.28. The zero-order valence-electron chi connectivity index (χ0n) is 15.5. The van der Waals surface area contributed by atoms with E-state index in [0.717, 1.165) is 48.9 Å². The number of aryl methyl sites for hydroxylation is 2. The van der Waals surface area contributed by atoms with E-state index in [1.165, 1.54) is 4.68 Å². The second kappa shape index (κ2) is 8.05. The smallest absolute Gasteiger partial charge is 0.267 e. The molecule has 1 aromatic heterocycles. The van der Waals surface area contributed by atoms with Gasteiger partial charge in [-0.15, -0.1) is 0 Å². The summed E-state index contributed by atoms with van der Waals surface area (Å²) in [7, 11) is 0. The molecule has 2 aromatic rings. The maximum absolute atomic E-state index is 12.8. The molecule has 0 bridgehead atoms. The fourth-order valence-corrected chi connectivity index (χ4v) is 3.86. The zero-order chi connectivity index (χ0) is 18.6. The van der Waals surface area contributed by atoms with Crippen molar-refractivity contribution < 1.29 is 9.53 Å². The third-order valence-electron chi connectivity index (χ3n) is 5.40. The number of carbonyl (C=O) groups excluding carboxylic acids is 1. The number of hydrogen-bond donors (Lipinski definition) is 0. The number of carbonyl (C=O) groups is 1. The topological polar surface area (TPSA) is 64.4 Å². The summed E-state index contributed by atoms with van der Waals surface area (Å²) < 4.78 is 7.16. The number of hydrogen-bond acceptors (Lipinski definition) is 4. The fourth-order valence-electron chi connectivity index (χ4n) is 3.86. The number of ether oxygens (including phenoxy) is 1. The van der Waals surface area contributed by atoms with Crippen LogP contribution in [0.15, 0.2) is 41.2 Å². The number of fused-ring (bicyclic) bond motifs is 1. The Balaban J connectivity index is 1.47. The zero-order valence-corrected chi connectivity index (χ0v) is 15.5. The van der Waals surface area contributed by atoms with Gasteiger partial charge >= 0.3 is 0 Å². The quantitative estimate of drug-likeness (QED) is 0.780. The first kappa shape index (κ1) is 17.9. The predicted octanol–water partition coefficient (Wildman–Crippen LogP) is 2.11. The van der Waals surface area contributed by atoms with Gasteiger partial charge in [0.15, 0.2) is 0 Å². The summed E-state index contributed by atoms with van der Waals surface area (Å²) in [4.78, 5) is 27.0. The van der Waals surface area contributed by atoms with Crippen LogP contribution in [0.4, 0.5) is 0 Å². The van der Waals surface area contributed by atoms with Crippen LogP contribution in [0.3, 0.4) is 0 Å². The molecule has 1 aromatic carbocycles. The summed E-state index contributed by atoms with van der Waals surface area (Å²) in [5, 5.41) is 4.51. The Morgan fingerprint density at radius 2 is 1.96 bits per heavy atom. The molecule has 1 fully saturated rings. The first-order valence-corrected chi connectivity index (χ1v) is 9.75. The van der Waals surface area contributed by atoms with Gasteiger partial charge in [-0.1, -0.05) is 36.8 Å². The Labute approximate surface area is 158 Å². The van der Waals surface area contributed by atoms with Crippen LogP contribution in [0.2, 0.25) is 0 Å². The highest BCUT2D eigenvalue weighted by Gasteiger charge is 2.26. The summed E-state index contributed by atoms with van der Waals surface area (Å²) in [6.07, 6.45) is 5.03. The third-order valence-corrected chi connectivity index (χ3v) is 5.40. The van der Waals surface area contributed by atoms with Crippen LogP contribution < -0.4 is 5.56 Å². The standard InChI is InChI=1S/C21H25N3O3/c25-20-13-17-9-5-2-6-10-18(17)22-24(20)15-21(26)23-11-12-27-19(14-23)16-7-3-1-4-8-16/h1,3-4,7-8,13,19H,2,5-6,9-12,14-15H2/t19-/m0/s1. The Hall–Kier alpha value is -2.47. The lowest BCUT2D eigenvalue weighted by Crippen LogP contribution is -2.45. The van der Waals surface area contributed by atoms with E-state index in [4.69, 9.17) is 4.74 Å². The van der Waals surface area contributed by atoms with Crippen LogP contribution >= 0.6 is 0 Å². The number of amides is 1. The van der Waals surface area contributed by atoms with Gasteiger partial charge in [-0.25, -0.2) is 4.68 Å². The average Bonchev–Trinajstić information content (AvgIpc) is 2.94. The van der Waals surface area contributed by atoms with E-state index in [1.54, 1.807) is 11.0 Å². The highest BCUT2D eigenvalue weighted by Crippen LogP contribution is 2.22. The molecule has 0 radical (unpaired) electrons. The first-order valence-electron chi connectivity index (χ1n) is 9.75. The Morgan fingerprint density at radius 3 is 2.81 bits per heavy atom. The van der Waals surface area contributed by atoms with Gasteiger partial charge in [0.05, 0.1) is 18.8 Å². The summed E-state index contributed by atoms with van der Waals surface area (Å²) in [6.45, 7) is 1.54. The molecule has 2 aliphatic rings. The summed E-state index contributed by atoms with van der Waals surface area (Å²) in [5.41, 5.74) is 2.91. The van der Waals surface area contributed by atoms with Crippen molar-refractivity contribution in [2.24, 2.45) is 0 Å². The molecule has 6 nitrogen and oxygen atoms in total. The van der Waals surface area contributed by atoms with Gasteiger partial charge < -0.3 is 9.64 Å². The molecule has 6 heteroatoms. The van der Waals surface area contributed by atoms with E-state index in [2.05, 4.69) is 5.10 Å². The number of nitrogens with zero attached hydrogens (tertiary/aromatic N) is 3. The number of benzene rings is 1. The maximum Gasteiger partial charge on any atom is 0.267 e. The molecule has 1 amide bonds. The van der Waals surface area contributed by atoms with E-state index in [0.29, 0.717) is 19.7 Å². The van der Waals surface area contributed by atoms with Crippen molar-refractivity contribution >= 4 is 5.91 Å². The Kier molecular flexibility index (Phi) is 5.34. The molecule has 1 aliphatic carbocycles. The van der Waals surface area contributed by atoms with Crippen molar-refractivity contribution in [1.82, 2.24) is 14.7 Å². The van der Waals surface area contributed by atoms with E-state index in [-0.39, 0.29) is 24.1 Å². The minimum absolute atomic E-state index is 0.00633. The third kappa shape index (κ3) is 4.11. The molecular formula is C21H25N3O3. The van der Waals surface area contributed by atoms with Crippen molar-refractivity contribution in [3.05, 3.63) is 63.6 Å². The molecule has 0 unspecified atom stereocenters. The molecule has 1 aliphatic heterocycles. The van der Waals surface area contributed by atoms with E-state index in [9.17, 15) is 9.59 Å². The van der Waals surface area contributed by atoms with Crippen LogP contribution in [-0.2, 0) is 28.9 Å². The van der Waals surface area contributed by atoms with Crippen LogP contribution in [0.1, 0.15) is 42.2 Å². The number of morpholine rings is 1. The molecular weight excluding hydrogens is 342 g/mol. The molecule has 0 N–H and O–H groups in total. The molecule has 142 valence electrons. The minimum Gasteiger partial charge on any atom is -0.370 e. The van der Waals surface area contributed by atoms with Crippen molar-refractivity contribution in [3.8, 4) is 0 Å². The fraction of sp³-hybridized carbons (Fsp3) is 0.476. The summed E-state index contributed by atoms with van der Waals surface area (Å²) in [6, 6.07) is 11.6. The van der Waals surface area contributed by atoms with Gasteiger partial charge in [0, 0.05) is 12.6 Å². The highest BCUT2D eigenvalue weighted by molar-refractivity contribution is 5.76. The number of rotatable bonds is 3. The van der Waals surface area contributed by atoms with Gasteiger partial charge in [0.2, 0.25) is 5.91 Å². The maximum atomic E-state index is 12.8. The normalized spacial score (nSPS) is 20.0. The molecule has 27 heavy (non-hydrogen) atoms. The lowest BCUT2D eigenvalue weighted by molar-refractivity contribution is -0.140. The van der Waals surface area contributed by atoms with Crippen molar-refractivity contribution in [2.75, 3.05) is 19.7 Å². The lowest BCUT2D eigenvalue weighted by Gasteiger charge is -2.33. The molecule has 0 saturated carbocycles. The average molecular weight is 367 g/mol. The highest BCUT2D eigenvalue weighted by atomic mass is 16.5. The van der Waals surface area contributed by atoms with Gasteiger partial charge in [-0.2, -0.15) is 5.10 Å². The van der Waals surface area contributed by atoms with Crippen LogP contribution in [0, 0.1) is 0 Å². The largest absolute Gasteiger partial charge is 0.370 e. The minimum atomic E-state index is -0.183. The van der Waals surface area contributed by atoms with Crippen LogP contribution in [0.25, 0.3) is 0 Å². The molecule has 4 rings (SSSR count). The molecule has 0 spiro atoms. The van der Waals surface area contributed by atoms with Crippen molar-refractivity contribution in [3.63, 3.8) is 0 Å². The van der Waals surface area contributed by atoms with Gasteiger partial charge in [-0.3, -0.25) is 9.59 Å². The summed E-state index contributed by atoms with van der Waals surface area (Å²) >= 11 is 0. The Morgan fingerprint density at radius 1 is 1.15 bits per heavy atom. The first-order chi connectivity index (χ1) is 13.2. The van der Waals surface area contributed by atoms with Gasteiger partial charge in [0.1, 0.15) is 12.6 Å². The van der Waals surface area contributed by atoms with Crippen molar-refractivity contribution in [1.29, 1.82) is 0 Å².